The number of likely N-dealkylation sites (tertiary alicyclic amines) is 1. The molecule has 7 nitrogen and oxygen atoms in total. The van der Waals surface area contributed by atoms with Gasteiger partial charge in [0.2, 0.25) is 5.88 Å². The Morgan fingerprint density at radius 3 is 3.08 bits per heavy atom. The van der Waals surface area contributed by atoms with E-state index in [0.717, 1.165) is 0 Å². The van der Waals surface area contributed by atoms with Crippen LogP contribution in [0, 0.1) is 0 Å². The van der Waals surface area contributed by atoms with Gasteiger partial charge in [-0.3, -0.25) is 9.59 Å². The number of pyridine rings is 1. The molecule has 2 amide bonds. The summed E-state index contributed by atoms with van der Waals surface area (Å²) in [7, 11) is 0. The molecular weight excluding hydrogens is 310 g/mol. The number of nitrogens with one attached hydrogen (secondary N) is 1. The number of hydrogen-bond donors (Lipinski definition) is 1. The SMILES string of the molecule is CCNC(=O)c1cccnc1OC1CCN(C(=O)c2ccoc2)C1. The summed E-state index contributed by atoms with van der Waals surface area (Å²) in [5.41, 5.74) is 0.926. The van der Waals surface area contributed by atoms with E-state index in [1.54, 1.807) is 29.3 Å². The molecule has 1 unspecified atom stereocenters. The first-order valence-corrected chi connectivity index (χ1v) is 7.90. The van der Waals surface area contributed by atoms with Crippen molar-refractivity contribution in [2.45, 2.75) is 19.4 Å². The van der Waals surface area contributed by atoms with Crippen molar-refractivity contribution in [2.24, 2.45) is 0 Å². The highest BCUT2D eigenvalue weighted by atomic mass is 16.5. The zero-order valence-electron chi connectivity index (χ0n) is 13.4. The third kappa shape index (κ3) is 3.40. The molecule has 0 radical (unpaired) electrons. The maximum absolute atomic E-state index is 12.3. The van der Waals surface area contributed by atoms with E-state index in [2.05, 4.69) is 10.3 Å². The lowest BCUT2D eigenvalue weighted by atomic mass is 10.2. The largest absolute Gasteiger partial charge is 0.472 e. The quantitative estimate of drug-likeness (QED) is 0.903. The molecule has 0 saturated carbocycles. The molecule has 2 aromatic heterocycles. The average Bonchev–Trinajstić information content (AvgIpc) is 3.27. The van der Waals surface area contributed by atoms with Crippen LogP contribution in [0.1, 0.15) is 34.1 Å². The van der Waals surface area contributed by atoms with Crippen molar-refractivity contribution in [3.8, 4) is 5.88 Å². The van der Waals surface area contributed by atoms with Crippen molar-refractivity contribution in [1.82, 2.24) is 15.2 Å². The predicted octanol–water partition coefficient (Wildman–Crippen LogP) is 1.72. The molecule has 24 heavy (non-hydrogen) atoms. The summed E-state index contributed by atoms with van der Waals surface area (Å²) in [6.07, 6.45) is 4.99. The lowest BCUT2D eigenvalue weighted by Crippen LogP contribution is -2.31. The number of aromatic nitrogens is 1. The summed E-state index contributed by atoms with van der Waals surface area (Å²) in [6, 6.07) is 5.01. The van der Waals surface area contributed by atoms with Gasteiger partial charge in [-0.1, -0.05) is 0 Å². The lowest BCUT2D eigenvalue weighted by Gasteiger charge is -2.17. The summed E-state index contributed by atoms with van der Waals surface area (Å²) < 4.78 is 10.8. The van der Waals surface area contributed by atoms with Crippen LogP contribution in [0.15, 0.2) is 41.3 Å². The highest BCUT2D eigenvalue weighted by molar-refractivity contribution is 5.96. The zero-order chi connectivity index (χ0) is 16.9. The molecule has 1 saturated heterocycles. The Balaban J connectivity index is 1.66. The van der Waals surface area contributed by atoms with Gasteiger partial charge in [0.25, 0.3) is 11.8 Å². The van der Waals surface area contributed by atoms with Gasteiger partial charge in [-0.25, -0.2) is 4.98 Å². The smallest absolute Gasteiger partial charge is 0.257 e. The van der Waals surface area contributed by atoms with Gasteiger partial charge in [-0.2, -0.15) is 0 Å². The minimum Gasteiger partial charge on any atom is -0.472 e. The summed E-state index contributed by atoms with van der Waals surface area (Å²) >= 11 is 0. The second kappa shape index (κ2) is 7.16. The van der Waals surface area contributed by atoms with Gasteiger partial charge in [0.1, 0.15) is 17.9 Å². The van der Waals surface area contributed by atoms with Gasteiger partial charge in [0.15, 0.2) is 0 Å². The van der Waals surface area contributed by atoms with Gasteiger partial charge in [0.05, 0.1) is 18.4 Å². The van der Waals surface area contributed by atoms with E-state index in [0.29, 0.717) is 43.1 Å². The van der Waals surface area contributed by atoms with Crippen LogP contribution in [-0.4, -0.2) is 47.4 Å². The van der Waals surface area contributed by atoms with Gasteiger partial charge >= 0.3 is 0 Å². The fourth-order valence-corrected chi connectivity index (χ4v) is 2.65. The number of carbonyl (C=O) groups excluding carboxylic acids is 2. The summed E-state index contributed by atoms with van der Waals surface area (Å²) in [5, 5.41) is 2.74. The number of rotatable bonds is 5. The maximum Gasteiger partial charge on any atom is 0.257 e. The van der Waals surface area contributed by atoms with Crippen LogP contribution in [0.25, 0.3) is 0 Å². The highest BCUT2D eigenvalue weighted by Gasteiger charge is 2.29. The van der Waals surface area contributed by atoms with Crippen molar-refractivity contribution < 1.29 is 18.7 Å². The summed E-state index contributed by atoms with van der Waals surface area (Å²) in [4.78, 5) is 30.2. The third-order valence-corrected chi connectivity index (χ3v) is 3.83. The van der Waals surface area contributed by atoms with Crippen molar-refractivity contribution in [3.05, 3.63) is 48.0 Å². The van der Waals surface area contributed by atoms with Gasteiger partial charge in [-0.05, 0) is 25.1 Å². The fraction of sp³-hybridized carbons (Fsp3) is 0.353. The number of furan rings is 1. The second-order valence-electron chi connectivity index (χ2n) is 5.51. The molecule has 0 spiro atoms. The number of carbonyl (C=O) groups is 2. The predicted molar refractivity (Wildman–Crippen MR) is 85.9 cm³/mol. The van der Waals surface area contributed by atoms with Crippen LogP contribution in [0.4, 0.5) is 0 Å². The first kappa shape index (κ1) is 16.0. The molecule has 0 aliphatic carbocycles. The van der Waals surface area contributed by atoms with Crippen molar-refractivity contribution in [2.75, 3.05) is 19.6 Å². The Kier molecular flexibility index (Phi) is 4.79. The highest BCUT2D eigenvalue weighted by Crippen LogP contribution is 2.21. The molecule has 126 valence electrons. The second-order valence-corrected chi connectivity index (χ2v) is 5.51. The number of nitrogens with zero attached hydrogens (tertiary/aromatic N) is 2. The van der Waals surface area contributed by atoms with E-state index >= 15 is 0 Å². The molecule has 1 aliphatic rings. The van der Waals surface area contributed by atoms with Crippen LogP contribution in [-0.2, 0) is 0 Å². The van der Waals surface area contributed by atoms with Gasteiger partial charge in [0, 0.05) is 25.7 Å². The van der Waals surface area contributed by atoms with Crippen molar-refractivity contribution >= 4 is 11.8 Å². The molecule has 0 bridgehead atoms. The van der Waals surface area contributed by atoms with E-state index in [1.807, 2.05) is 6.92 Å². The first-order valence-electron chi connectivity index (χ1n) is 7.90. The zero-order valence-corrected chi connectivity index (χ0v) is 13.4. The Morgan fingerprint density at radius 1 is 1.46 bits per heavy atom. The molecular formula is C17H19N3O4. The minimum atomic E-state index is -0.218. The summed E-state index contributed by atoms with van der Waals surface area (Å²) in [5.74, 6) is -0.00388. The molecule has 1 aliphatic heterocycles. The monoisotopic (exact) mass is 329 g/mol. The van der Waals surface area contributed by atoms with Crippen LogP contribution < -0.4 is 10.1 Å². The van der Waals surface area contributed by atoms with Gasteiger partial charge < -0.3 is 19.4 Å². The minimum absolute atomic E-state index is 0.0835. The molecule has 2 aromatic rings. The molecule has 7 heteroatoms. The van der Waals surface area contributed by atoms with E-state index in [-0.39, 0.29) is 17.9 Å². The summed E-state index contributed by atoms with van der Waals surface area (Å²) in [6.45, 7) is 3.43. The normalized spacial score (nSPS) is 16.9. The van der Waals surface area contributed by atoms with Gasteiger partial charge in [-0.15, -0.1) is 0 Å². The van der Waals surface area contributed by atoms with Crippen LogP contribution >= 0.6 is 0 Å². The Hall–Kier alpha value is -2.83. The van der Waals surface area contributed by atoms with Crippen LogP contribution in [0.5, 0.6) is 5.88 Å². The number of ether oxygens (including phenoxy) is 1. The molecule has 0 aromatic carbocycles. The Morgan fingerprint density at radius 2 is 2.33 bits per heavy atom. The maximum atomic E-state index is 12.3. The number of amides is 2. The van der Waals surface area contributed by atoms with E-state index in [4.69, 9.17) is 9.15 Å². The molecule has 3 heterocycles. The van der Waals surface area contributed by atoms with Crippen molar-refractivity contribution in [1.29, 1.82) is 0 Å². The van der Waals surface area contributed by atoms with E-state index in [1.165, 1.54) is 12.5 Å². The standard InChI is InChI=1S/C17H19N3O4/c1-2-18-15(21)14-4-3-7-19-16(14)24-13-5-8-20(10-13)17(22)12-6-9-23-11-12/h3-4,6-7,9,11,13H,2,5,8,10H2,1H3,(H,18,21). The number of hydrogen-bond acceptors (Lipinski definition) is 5. The van der Waals surface area contributed by atoms with E-state index < -0.39 is 0 Å². The molecule has 1 fully saturated rings. The van der Waals surface area contributed by atoms with E-state index in [9.17, 15) is 9.59 Å². The Labute approximate surface area is 139 Å². The van der Waals surface area contributed by atoms with Crippen LogP contribution in [0.2, 0.25) is 0 Å². The fourth-order valence-electron chi connectivity index (χ4n) is 2.65. The van der Waals surface area contributed by atoms with Crippen LogP contribution in [0.3, 0.4) is 0 Å². The third-order valence-electron chi connectivity index (χ3n) is 3.83. The molecule has 1 N–H and O–H groups in total. The topological polar surface area (TPSA) is 84.7 Å². The lowest BCUT2D eigenvalue weighted by molar-refractivity contribution is 0.0768. The first-order chi connectivity index (χ1) is 11.7. The average molecular weight is 329 g/mol. The molecule has 3 rings (SSSR count). The van der Waals surface area contributed by atoms with Crippen molar-refractivity contribution in [3.63, 3.8) is 0 Å². The molecule has 1 atom stereocenters. The Bertz CT molecular complexity index is 714.